The summed E-state index contributed by atoms with van der Waals surface area (Å²) in [6.07, 6.45) is 0. The van der Waals surface area contributed by atoms with Crippen LogP contribution in [-0.2, 0) is 6.54 Å². The lowest BCUT2D eigenvalue weighted by molar-refractivity contribution is 0.325. The van der Waals surface area contributed by atoms with E-state index in [0.717, 1.165) is 10.9 Å². The molecule has 4 rings (SSSR count). The number of hydrogen-bond acceptors (Lipinski definition) is 2. The zero-order valence-corrected chi connectivity index (χ0v) is 15.4. The van der Waals surface area contributed by atoms with E-state index in [9.17, 15) is 0 Å². The van der Waals surface area contributed by atoms with Gasteiger partial charge in [-0.15, -0.1) is 0 Å². The molecule has 3 heteroatoms. The molecule has 0 N–H and O–H groups in total. The summed E-state index contributed by atoms with van der Waals surface area (Å²) in [7, 11) is 0. The Morgan fingerprint density at radius 1 is 0.720 bits per heavy atom. The van der Waals surface area contributed by atoms with Crippen molar-refractivity contribution in [2.24, 2.45) is 0 Å². The molecule has 1 saturated heterocycles. The lowest BCUT2D eigenvalue weighted by atomic mass is 9.97. The summed E-state index contributed by atoms with van der Waals surface area (Å²) < 4.78 is 0.978. The minimum atomic E-state index is 0.251. The number of nitrogens with zero attached hydrogens (tertiary/aromatic N) is 1. The highest BCUT2D eigenvalue weighted by Gasteiger charge is 2.39. The molecule has 0 bridgehead atoms. The minimum Gasteiger partial charge on any atom is -0.345 e. The van der Waals surface area contributed by atoms with Crippen LogP contribution in [0.1, 0.15) is 28.0 Å². The van der Waals surface area contributed by atoms with Crippen molar-refractivity contribution >= 4 is 28.3 Å². The maximum Gasteiger partial charge on any atom is 0.137 e. The van der Waals surface area contributed by atoms with E-state index in [0.29, 0.717) is 5.25 Å². The zero-order chi connectivity index (χ0) is 17.1. The van der Waals surface area contributed by atoms with Crippen LogP contribution in [0.25, 0.3) is 0 Å². The van der Waals surface area contributed by atoms with E-state index in [1.54, 1.807) is 11.8 Å². The normalized spacial score (nSPS) is 20.0. The van der Waals surface area contributed by atoms with Crippen LogP contribution in [0.5, 0.6) is 0 Å². The predicted molar refractivity (Wildman–Crippen MR) is 111 cm³/mol. The van der Waals surface area contributed by atoms with Crippen molar-refractivity contribution in [1.29, 1.82) is 0 Å². The van der Waals surface area contributed by atoms with Gasteiger partial charge in [0.1, 0.15) is 4.32 Å². The lowest BCUT2D eigenvalue weighted by Crippen LogP contribution is -2.27. The molecule has 0 spiro atoms. The third kappa shape index (κ3) is 3.48. The Hall–Kier alpha value is -2.10. The number of thiocarbonyl (C=S) groups is 1. The molecule has 1 nitrogen and oxygen atoms in total. The maximum atomic E-state index is 5.78. The Morgan fingerprint density at radius 3 is 1.84 bits per heavy atom. The molecule has 25 heavy (non-hydrogen) atoms. The van der Waals surface area contributed by atoms with E-state index in [1.807, 2.05) is 0 Å². The van der Waals surface area contributed by atoms with E-state index >= 15 is 0 Å². The SMILES string of the molecule is S=C1S[C@H](c2ccccc2)[C@@H](c2ccccc2)N1Cc1ccccc1. The third-order valence-corrected chi connectivity index (χ3v) is 6.29. The van der Waals surface area contributed by atoms with Crippen molar-refractivity contribution in [2.75, 3.05) is 0 Å². The predicted octanol–water partition coefficient (Wildman–Crippen LogP) is 6.00. The van der Waals surface area contributed by atoms with Crippen molar-refractivity contribution in [3.63, 3.8) is 0 Å². The molecule has 1 aliphatic rings. The van der Waals surface area contributed by atoms with Crippen LogP contribution in [0.15, 0.2) is 91.0 Å². The first kappa shape index (κ1) is 16.4. The van der Waals surface area contributed by atoms with Gasteiger partial charge in [0.2, 0.25) is 0 Å². The molecule has 2 atom stereocenters. The van der Waals surface area contributed by atoms with Gasteiger partial charge in [0.15, 0.2) is 0 Å². The topological polar surface area (TPSA) is 3.24 Å². The summed E-state index contributed by atoms with van der Waals surface area (Å²) in [6, 6.07) is 32.3. The minimum absolute atomic E-state index is 0.251. The highest BCUT2D eigenvalue weighted by atomic mass is 32.2. The molecular weight excluding hydrogens is 342 g/mol. The molecule has 1 fully saturated rings. The summed E-state index contributed by atoms with van der Waals surface area (Å²) in [5.74, 6) is 0. The fourth-order valence-corrected chi connectivity index (χ4v) is 5.10. The molecule has 0 aliphatic carbocycles. The van der Waals surface area contributed by atoms with E-state index in [-0.39, 0.29) is 6.04 Å². The van der Waals surface area contributed by atoms with Crippen LogP contribution >= 0.6 is 24.0 Å². The molecule has 0 amide bonds. The van der Waals surface area contributed by atoms with Crippen LogP contribution in [0, 0.1) is 0 Å². The molecule has 3 aromatic carbocycles. The van der Waals surface area contributed by atoms with Gasteiger partial charge in [-0.1, -0.05) is 115 Å². The van der Waals surface area contributed by atoms with Gasteiger partial charge in [0.25, 0.3) is 0 Å². The van der Waals surface area contributed by atoms with Crippen molar-refractivity contribution < 1.29 is 0 Å². The average Bonchev–Trinajstić information content (AvgIpc) is 3.00. The average molecular weight is 362 g/mol. The number of hydrogen-bond donors (Lipinski definition) is 0. The van der Waals surface area contributed by atoms with Gasteiger partial charge in [0.05, 0.1) is 11.3 Å². The molecule has 1 aliphatic heterocycles. The molecule has 0 saturated carbocycles. The van der Waals surface area contributed by atoms with Gasteiger partial charge >= 0.3 is 0 Å². The standard InChI is InChI=1S/C22H19NS2/c24-22-23(16-17-10-4-1-5-11-17)20(18-12-6-2-7-13-18)21(25-22)19-14-8-3-9-15-19/h1-15,20-21H,16H2/t20-,21-/m1/s1. The highest BCUT2D eigenvalue weighted by Crippen LogP contribution is 2.51. The van der Waals surface area contributed by atoms with Gasteiger partial charge < -0.3 is 4.90 Å². The zero-order valence-electron chi connectivity index (χ0n) is 13.8. The molecule has 1 heterocycles. The van der Waals surface area contributed by atoms with Crippen LogP contribution in [0.2, 0.25) is 0 Å². The van der Waals surface area contributed by atoms with Crippen molar-refractivity contribution in [1.82, 2.24) is 4.90 Å². The number of thioether (sulfide) groups is 1. The second-order valence-electron chi connectivity index (χ2n) is 6.18. The Bertz CT molecular complexity index is 834. The maximum absolute atomic E-state index is 5.78. The first-order valence-corrected chi connectivity index (χ1v) is 9.73. The fourth-order valence-electron chi connectivity index (χ4n) is 3.36. The Labute approximate surface area is 158 Å². The monoisotopic (exact) mass is 361 g/mol. The fraction of sp³-hybridized carbons (Fsp3) is 0.136. The van der Waals surface area contributed by atoms with E-state index in [4.69, 9.17) is 12.2 Å². The molecular formula is C22H19NS2. The lowest BCUT2D eigenvalue weighted by Gasteiger charge is -2.29. The van der Waals surface area contributed by atoms with Crippen molar-refractivity contribution in [3.05, 3.63) is 108 Å². The van der Waals surface area contributed by atoms with Gasteiger partial charge in [-0.05, 0) is 16.7 Å². The Morgan fingerprint density at radius 2 is 1.24 bits per heavy atom. The van der Waals surface area contributed by atoms with Crippen LogP contribution in [0.4, 0.5) is 0 Å². The third-order valence-electron chi connectivity index (χ3n) is 4.55. The van der Waals surface area contributed by atoms with Crippen LogP contribution < -0.4 is 0 Å². The number of rotatable bonds is 4. The summed E-state index contributed by atoms with van der Waals surface area (Å²) >= 11 is 7.59. The van der Waals surface area contributed by atoms with E-state index in [2.05, 4.69) is 95.9 Å². The first-order valence-electron chi connectivity index (χ1n) is 8.44. The molecule has 0 unspecified atom stereocenters. The Balaban J connectivity index is 1.73. The van der Waals surface area contributed by atoms with Gasteiger partial charge in [0, 0.05) is 6.54 Å². The van der Waals surface area contributed by atoms with Gasteiger partial charge in [-0.3, -0.25) is 0 Å². The van der Waals surface area contributed by atoms with Crippen LogP contribution in [-0.4, -0.2) is 9.22 Å². The summed E-state index contributed by atoms with van der Waals surface area (Å²) in [6.45, 7) is 0.843. The van der Waals surface area contributed by atoms with E-state index in [1.165, 1.54) is 16.7 Å². The van der Waals surface area contributed by atoms with Crippen molar-refractivity contribution in [2.45, 2.75) is 17.8 Å². The molecule has 0 aromatic heterocycles. The van der Waals surface area contributed by atoms with Crippen molar-refractivity contribution in [3.8, 4) is 0 Å². The number of benzene rings is 3. The molecule has 124 valence electrons. The Kier molecular flexibility index (Phi) is 4.86. The quantitative estimate of drug-likeness (QED) is 0.524. The summed E-state index contributed by atoms with van der Waals surface area (Å²) in [5.41, 5.74) is 3.94. The van der Waals surface area contributed by atoms with Crippen LogP contribution in [0.3, 0.4) is 0 Å². The summed E-state index contributed by atoms with van der Waals surface area (Å²) in [4.78, 5) is 2.38. The molecule has 0 radical (unpaired) electrons. The summed E-state index contributed by atoms with van der Waals surface area (Å²) in [5, 5.41) is 0.319. The van der Waals surface area contributed by atoms with Gasteiger partial charge in [-0.2, -0.15) is 0 Å². The smallest absolute Gasteiger partial charge is 0.137 e. The van der Waals surface area contributed by atoms with E-state index < -0.39 is 0 Å². The first-order chi connectivity index (χ1) is 12.3. The molecule has 3 aromatic rings. The largest absolute Gasteiger partial charge is 0.345 e. The second kappa shape index (κ2) is 7.42. The van der Waals surface area contributed by atoms with Gasteiger partial charge in [-0.25, -0.2) is 0 Å². The second-order valence-corrected chi connectivity index (χ2v) is 7.96. The highest BCUT2D eigenvalue weighted by molar-refractivity contribution is 8.23.